The summed E-state index contributed by atoms with van der Waals surface area (Å²) < 4.78 is 20.8. The Morgan fingerprint density at radius 2 is 1.98 bits per heavy atom. The zero-order valence-electron chi connectivity index (χ0n) is 23.5. The van der Waals surface area contributed by atoms with E-state index in [0.29, 0.717) is 42.5 Å². The van der Waals surface area contributed by atoms with Crippen molar-refractivity contribution in [2.24, 2.45) is 11.8 Å². The van der Waals surface area contributed by atoms with Crippen LogP contribution in [-0.2, 0) is 23.1 Å². The van der Waals surface area contributed by atoms with Crippen LogP contribution in [0.5, 0.6) is 5.75 Å². The normalized spacial score (nSPS) is 27.6. The molecule has 41 heavy (non-hydrogen) atoms. The predicted molar refractivity (Wildman–Crippen MR) is 160 cm³/mol. The largest absolute Gasteiger partial charge is 0.493 e. The number of carboxylic acid groups (broad SMARTS) is 1. The number of ether oxygens (including phenoxy) is 1. The van der Waals surface area contributed by atoms with Crippen LogP contribution < -0.4 is 10.1 Å². The number of nitrogens with one attached hydrogen (secondary N) is 1. The fourth-order valence-corrected chi connectivity index (χ4v) is 7.93. The molecule has 0 bridgehead atoms. The molecule has 1 saturated carbocycles. The Morgan fingerprint density at radius 1 is 1.17 bits per heavy atom. The number of aliphatic carboxylic acids is 1. The number of anilines is 1. The van der Waals surface area contributed by atoms with Gasteiger partial charge in [-0.05, 0) is 110 Å². The molecule has 0 aliphatic heterocycles. The highest BCUT2D eigenvalue weighted by molar-refractivity contribution is 6.30. The lowest BCUT2D eigenvalue weighted by molar-refractivity contribution is -0.144. The van der Waals surface area contributed by atoms with Gasteiger partial charge in [0.05, 0.1) is 12.3 Å². The second-order valence-electron chi connectivity index (χ2n) is 12.4. The molecule has 0 unspecified atom stereocenters. The summed E-state index contributed by atoms with van der Waals surface area (Å²) in [6.45, 7) is 2.79. The maximum absolute atomic E-state index is 14.4. The van der Waals surface area contributed by atoms with E-state index in [4.69, 9.17) is 16.3 Å². The number of pyridine rings is 1. The summed E-state index contributed by atoms with van der Waals surface area (Å²) in [6.07, 6.45) is 7.48. The first kappa shape index (κ1) is 28.0. The summed E-state index contributed by atoms with van der Waals surface area (Å²) >= 11 is 6.20. The van der Waals surface area contributed by atoms with Crippen molar-refractivity contribution < 1.29 is 19.0 Å². The average Bonchev–Trinajstić information content (AvgIpc) is 3.25. The Balaban J connectivity index is 1.19. The standard InChI is InChI=1S/C34H38ClFN2O3/c1-22(21-41-30-12-17-37-31-27(30)9-5-11-29(31)36)18-24-19-23-6-2-3-10-28(23)33(24)13-15-34(16-14-33,32(39)40)38-26-8-4-7-25(35)20-26/h2-4,6-8,10,12,17,20,22,24,29,38H,5,9,11,13-16,18-19,21H2,1H3,(H,39,40)/t22-,24+,29+,33?,34?/m1/s1. The van der Waals surface area contributed by atoms with E-state index in [1.807, 2.05) is 18.2 Å². The van der Waals surface area contributed by atoms with Crippen molar-refractivity contribution in [2.45, 2.75) is 81.8 Å². The van der Waals surface area contributed by atoms with E-state index in [0.717, 1.165) is 55.5 Å². The quantitative estimate of drug-likeness (QED) is 0.283. The van der Waals surface area contributed by atoms with Crippen LogP contribution in [0, 0.1) is 11.8 Å². The highest BCUT2D eigenvalue weighted by Gasteiger charge is 2.54. The third-order valence-electron chi connectivity index (χ3n) is 9.85. The van der Waals surface area contributed by atoms with Crippen molar-refractivity contribution in [1.82, 2.24) is 4.98 Å². The molecule has 0 radical (unpaired) electrons. The van der Waals surface area contributed by atoms with E-state index in [-0.39, 0.29) is 11.3 Å². The van der Waals surface area contributed by atoms with Gasteiger partial charge in [0.1, 0.15) is 17.5 Å². The molecule has 3 aliphatic carbocycles. The highest BCUT2D eigenvalue weighted by atomic mass is 35.5. The molecule has 3 aliphatic rings. The van der Waals surface area contributed by atoms with Gasteiger partial charge in [-0.3, -0.25) is 4.98 Å². The van der Waals surface area contributed by atoms with Crippen LogP contribution in [0.25, 0.3) is 0 Å². The number of fused-ring (bicyclic) bond motifs is 3. The molecule has 3 atom stereocenters. The van der Waals surface area contributed by atoms with Crippen molar-refractivity contribution in [2.75, 3.05) is 11.9 Å². The van der Waals surface area contributed by atoms with Crippen LogP contribution >= 0.6 is 11.6 Å². The van der Waals surface area contributed by atoms with Crippen molar-refractivity contribution in [3.8, 4) is 5.75 Å². The van der Waals surface area contributed by atoms with Gasteiger partial charge in [-0.25, -0.2) is 9.18 Å². The number of alkyl halides is 1. The number of carboxylic acids is 1. The second kappa shape index (κ2) is 11.3. The number of nitrogens with zero attached hydrogens (tertiary/aromatic N) is 1. The molecule has 1 spiro atoms. The number of rotatable bonds is 8. The lowest BCUT2D eigenvalue weighted by atomic mass is 9.59. The van der Waals surface area contributed by atoms with Gasteiger partial charge >= 0.3 is 5.97 Å². The number of benzene rings is 2. The summed E-state index contributed by atoms with van der Waals surface area (Å²) in [6, 6.07) is 17.9. The average molecular weight is 577 g/mol. The Kier molecular flexibility index (Phi) is 7.71. The number of aromatic nitrogens is 1. The van der Waals surface area contributed by atoms with Crippen LogP contribution in [0.4, 0.5) is 10.1 Å². The van der Waals surface area contributed by atoms with E-state index in [9.17, 15) is 14.3 Å². The summed E-state index contributed by atoms with van der Waals surface area (Å²) in [5, 5.41) is 14.3. The first-order valence-corrected chi connectivity index (χ1v) is 15.3. The first-order valence-electron chi connectivity index (χ1n) is 14.9. The number of hydrogen-bond acceptors (Lipinski definition) is 4. The van der Waals surface area contributed by atoms with Crippen molar-refractivity contribution in [1.29, 1.82) is 0 Å². The van der Waals surface area contributed by atoms with Crippen LogP contribution in [0.15, 0.2) is 60.8 Å². The van der Waals surface area contributed by atoms with E-state index in [1.165, 1.54) is 11.1 Å². The lowest BCUT2D eigenvalue weighted by Crippen LogP contribution is -2.53. The van der Waals surface area contributed by atoms with Crippen LogP contribution in [0.3, 0.4) is 0 Å². The summed E-state index contributed by atoms with van der Waals surface area (Å²) in [5.41, 5.74) is 3.89. The molecular weight excluding hydrogens is 539 g/mol. The number of carbonyl (C=O) groups is 1. The Labute approximate surface area is 246 Å². The Hall–Kier alpha value is -3.12. The molecule has 0 amide bonds. The van der Waals surface area contributed by atoms with Gasteiger partial charge in [0, 0.05) is 22.5 Å². The van der Waals surface area contributed by atoms with E-state index in [1.54, 1.807) is 18.3 Å². The van der Waals surface area contributed by atoms with Gasteiger partial charge in [-0.2, -0.15) is 0 Å². The van der Waals surface area contributed by atoms with Crippen molar-refractivity contribution >= 4 is 23.3 Å². The molecule has 216 valence electrons. The Morgan fingerprint density at radius 3 is 2.76 bits per heavy atom. The molecule has 1 heterocycles. The third-order valence-corrected chi connectivity index (χ3v) is 10.1. The molecule has 5 nitrogen and oxygen atoms in total. The minimum atomic E-state index is -1.03. The van der Waals surface area contributed by atoms with Gasteiger partial charge in [-0.15, -0.1) is 0 Å². The van der Waals surface area contributed by atoms with Gasteiger partial charge in [0.15, 0.2) is 0 Å². The maximum Gasteiger partial charge on any atom is 0.329 e. The number of hydrogen-bond donors (Lipinski definition) is 2. The minimum Gasteiger partial charge on any atom is -0.493 e. The topological polar surface area (TPSA) is 71.5 Å². The van der Waals surface area contributed by atoms with E-state index < -0.39 is 17.7 Å². The summed E-state index contributed by atoms with van der Waals surface area (Å²) in [7, 11) is 0. The predicted octanol–water partition coefficient (Wildman–Crippen LogP) is 8.11. The lowest BCUT2D eigenvalue weighted by Gasteiger charge is -2.47. The van der Waals surface area contributed by atoms with E-state index in [2.05, 4.69) is 41.5 Å². The van der Waals surface area contributed by atoms with Gasteiger partial charge < -0.3 is 15.2 Å². The van der Waals surface area contributed by atoms with Crippen LogP contribution in [-0.4, -0.2) is 28.2 Å². The Bertz CT molecular complexity index is 1420. The highest BCUT2D eigenvalue weighted by Crippen LogP contribution is 2.56. The zero-order valence-corrected chi connectivity index (χ0v) is 24.3. The van der Waals surface area contributed by atoms with Gasteiger partial charge in [-0.1, -0.05) is 48.9 Å². The smallest absolute Gasteiger partial charge is 0.329 e. The SMILES string of the molecule is C[C@@H](COc1ccnc2c1CCC[C@@H]2F)C[C@H]1Cc2ccccc2C12CCC(Nc1cccc(Cl)c1)(C(=O)O)CC2. The fraction of sp³-hybridized carbons (Fsp3) is 0.471. The molecule has 1 fully saturated rings. The zero-order chi connectivity index (χ0) is 28.6. The van der Waals surface area contributed by atoms with Crippen molar-refractivity contribution in [3.63, 3.8) is 0 Å². The molecule has 0 saturated heterocycles. The van der Waals surface area contributed by atoms with Crippen molar-refractivity contribution in [3.05, 3.63) is 88.2 Å². The second-order valence-corrected chi connectivity index (χ2v) is 12.9. The maximum atomic E-state index is 14.4. The molecule has 7 heteroatoms. The molecular formula is C34H38ClFN2O3. The summed E-state index contributed by atoms with van der Waals surface area (Å²) in [5.74, 6) is 0.645. The molecule has 2 N–H and O–H groups in total. The minimum absolute atomic E-state index is 0.0584. The number of halogens is 2. The van der Waals surface area contributed by atoms with E-state index >= 15 is 0 Å². The third kappa shape index (κ3) is 5.31. The van der Waals surface area contributed by atoms with Gasteiger partial charge in [0.25, 0.3) is 0 Å². The molecule has 3 aromatic rings. The van der Waals surface area contributed by atoms with Crippen LogP contribution in [0.1, 0.15) is 80.4 Å². The monoisotopic (exact) mass is 576 g/mol. The molecule has 1 aromatic heterocycles. The first-order chi connectivity index (χ1) is 19.8. The molecule has 6 rings (SSSR count). The molecule has 2 aromatic carbocycles. The van der Waals surface area contributed by atoms with Gasteiger partial charge in [0.2, 0.25) is 0 Å². The van der Waals surface area contributed by atoms with Crippen LogP contribution in [0.2, 0.25) is 5.02 Å². The summed E-state index contributed by atoms with van der Waals surface area (Å²) in [4.78, 5) is 17.0. The fourth-order valence-electron chi connectivity index (χ4n) is 7.74.